The van der Waals surface area contributed by atoms with Crippen molar-refractivity contribution in [2.24, 2.45) is 0 Å². The minimum absolute atomic E-state index is 0.569. The van der Waals surface area contributed by atoms with Gasteiger partial charge in [-0.05, 0) is 30.7 Å². The lowest BCUT2D eigenvalue weighted by Crippen LogP contribution is -2.21. The van der Waals surface area contributed by atoms with E-state index < -0.39 is 0 Å². The van der Waals surface area contributed by atoms with Crippen LogP contribution in [-0.4, -0.2) is 23.6 Å². The number of nitrogens with one attached hydrogen (secondary N) is 1. The maximum absolute atomic E-state index is 6.20. The zero-order chi connectivity index (χ0) is 15.2. The molecule has 0 atom stereocenters. The number of rotatable bonds is 6. The summed E-state index contributed by atoms with van der Waals surface area (Å²) in [6.07, 6.45) is 3.78. The van der Waals surface area contributed by atoms with Gasteiger partial charge in [0, 0.05) is 23.8 Å². The SMILES string of the molecule is CCCCN(C)c1ncnc(Nc2ccc(Br)cc2)c1N. The maximum atomic E-state index is 6.20. The van der Waals surface area contributed by atoms with Crippen molar-refractivity contribution in [3.8, 4) is 0 Å². The van der Waals surface area contributed by atoms with Crippen LogP contribution in [0.1, 0.15) is 19.8 Å². The Hall–Kier alpha value is -1.82. The molecule has 0 unspecified atom stereocenters. The second-order valence-electron chi connectivity index (χ2n) is 4.87. The smallest absolute Gasteiger partial charge is 0.159 e. The van der Waals surface area contributed by atoms with E-state index >= 15 is 0 Å². The summed E-state index contributed by atoms with van der Waals surface area (Å²) < 4.78 is 1.03. The molecule has 0 amide bonds. The lowest BCUT2D eigenvalue weighted by Gasteiger charge is -2.20. The Morgan fingerprint density at radius 2 is 1.95 bits per heavy atom. The number of hydrogen-bond acceptors (Lipinski definition) is 5. The van der Waals surface area contributed by atoms with Gasteiger partial charge in [0.2, 0.25) is 0 Å². The largest absolute Gasteiger partial charge is 0.393 e. The van der Waals surface area contributed by atoms with E-state index in [1.807, 2.05) is 31.3 Å². The minimum atomic E-state index is 0.569. The third-order valence-electron chi connectivity index (χ3n) is 3.18. The van der Waals surface area contributed by atoms with Crippen molar-refractivity contribution in [1.29, 1.82) is 0 Å². The molecule has 0 fully saturated rings. The Morgan fingerprint density at radius 3 is 2.62 bits per heavy atom. The summed E-state index contributed by atoms with van der Waals surface area (Å²) in [4.78, 5) is 10.6. The number of unbranched alkanes of at least 4 members (excludes halogenated alkanes) is 1. The number of halogens is 1. The van der Waals surface area contributed by atoms with E-state index in [-0.39, 0.29) is 0 Å². The van der Waals surface area contributed by atoms with Crippen molar-refractivity contribution in [3.63, 3.8) is 0 Å². The molecular formula is C15H20BrN5. The van der Waals surface area contributed by atoms with Gasteiger partial charge in [0.25, 0.3) is 0 Å². The van der Waals surface area contributed by atoms with Crippen molar-refractivity contribution >= 4 is 38.9 Å². The first-order valence-electron chi connectivity index (χ1n) is 6.96. The molecule has 0 bridgehead atoms. The van der Waals surface area contributed by atoms with Gasteiger partial charge in [-0.15, -0.1) is 0 Å². The summed E-state index contributed by atoms with van der Waals surface area (Å²) >= 11 is 3.42. The van der Waals surface area contributed by atoms with E-state index in [0.717, 1.165) is 35.4 Å². The fourth-order valence-electron chi connectivity index (χ4n) is 1.96. The Kier molecular flexibility index (Phi) is 5.38. The standard InChI is InChI=1S/C15H20BrN5/c1-3-4-9-21(2)15-13(17)14(18-10-19-15)20-12-7-5-11(16)6-8-12/h5-8,10H,3-4,9,17H2,1-2H3,(H,18,19,20). The Bertz CT molecular complexity index is 585. The minimum Gasteiger partial charge on any atom is -0.393 e. The lowest BCUT2D eigenvalue weighted by atomic mass is 10.3. The molecule has 0 aliphatic heterocycles. The first kappa shape index (κ1) is 15.6. The lowest BCUT2D eigenvalue weighted by molar-refractivity contribution is 0.759. The zero-order valence-corrected chi connectivity index (χ0v) is 13.9. The van der Waals surface area contributed by atoms with Crippen molar-refractivity contribution in [3.05, 3.63) is 35.1 Å². The quantitative estimate of drug-likeness (QED) is 0.829. The average Bonchev–Trinajstić information content (AvgIpc) is 2.49. The molecule has 1 aromatic heterocycles. The first-order chi connectivity index (χ1) is 10.1. The third-order valence-corrected chi connectivity index (χ3v) is 3.71. The van der Waals surface area contributed by atoms with E-state index in [2.05, 4.69) is 43.0 Å². The van der Waals surface area contributed by atoms with Gasteiger partial charge in [-0.3, -0.25) is 0 Å². The molecule has 2 aromatic rings. The Morgan fingerprint density at radius 1 is 1.24 bits per heavy atom. The fraction of sp³-hybridized carbons (Fsp3) is 0.333. The molecule has 0 aliphatic carbocycles. The van der Waals surface area contributed by atoms with E-state index in [9.17, 15) is 0 Å². The number of nitrogens with two attached hydrogens (primary N) is 1. The normalized spacial score (nSPS) is 10.4. The van der Waals surface area contributed by atoms with Crippen molar-refractivity contribution in [2.45, 2.75) is 19.8 Å². The maximum Gasteiger partial charge on any atom is 0.159 e. The summed E-state index contributed by atoms with van der Waals surface area (Å²) in [5.74, 6) is 1.39. The van der Waals surface area contributed by atoms with E-state index in [0.29, 0.717) is 11.5 Å². The predicted octanol–water partition coefficient (Wildman–Crippen LogP) is 3.80. The molecule has 21 heavy (non-hydrogen) atoms. The van der Waals surface area contributed by atoms with Crippen LogP contribution < -0.4 is 16.0 Å². The van der Waals surface area contributed by atoms with Gasteiger partial charge in [0.05, 0.1) is 0 Å². The van der Waals surface area contributed by atoms with Crippen LogP contribution in [0.15, 0.2) is 35.1 Å². The van der Waals surface area contributed by atoms with Gasteiger partial charge in [-0.2, -0.15) is 0 Å². The summed E-state index contributed by atoms with van der Waals surface area (Å²) in [6.45, 7) is 3.09. The van der Waals surface area contributed by atoms with Gasteiger partial charge >= 0.3 is 0 Å². The second kappa shape index (κ2) is 7.26. The topological polar surface area (TPSA) is 67.1 Å². The van der Waals surface area contributed by atoms with E-state index in [1.54, 1.807) is 0 Å². The van der Waals surface area contributed by atoms with Crippen molar-refractivity contribution in [1.82, 2.24) is 9.97 Å². The molecule has 0 saturated heterocycles. The number of nitrogen functional groups attached to an aromatic ring is 1. The van der Waals surface area contributed by atoms with Crippen LogP contribution in [0.4, 0.5) is 23.0 Å². The highest BCUT2D eigenvalue weighted by Gasteiger charge is 2.11. The zero-order valence-electron chi connectivity index (χ0n) is 12.3. The van der Waals surface area contributed by atoms with Crippen LogP contribution in [0, 0.1) is 0 Å². The van der Waals surface area contributed by atoms with Crippen LogP contribution in [0.2, 0.25) is 0 Å². The fourth-order valence-corrected chi connectivity index (χ4v) is 2.23. The number of nitrogens with zero attached hydrogens (tertiary/aromatic N) is 3. The van der Waals surface area contributed by atoms with Gasteiger partial charge in [-0.1, -0.05) is 29.3 Å². The number of aromatic nitrogens is 2. The van der Waals surface area contributed by atoms with Crippen molar-refractivity contribution < 1.29 is 0 Å². The molecule has 0 saturated carbocycles. The monoisotopic (exact) mass is 349 g/mol. The summed E-state index contributed by atoms with van der Waals surface area (Å²) in [7, 11) is 2.00. The molecule has 3 N–H and O–H groups in total. The van der Waals surface area contributed by atoms with Gasteiger partial charge in [0.1, 0.15) is 12.0 Å². The third kappa shape index (κ3) is 4.07. The van der Waals surface area contributed by atoms with Gasteiger partial charge in [0.15, 0.2) is 11.6 Å². The molecule has 0 aliphatic rings. The number of hydrogen-bond donors (Lipinski definition) is 2. The second-order valence-corrected chi connectivity index (χ2v) is 5.78. The predicted molar refractivity (Wildman–Crippen MR) is 92.0 cm³/mol. The van der Waals surface area contributed by atoms with Crippen LogP contribution in [0.5, 0.6) is 0 Å². The molecule has 2 rings (SSSR count). The van der Waals surface area contributed by atoms with Gasteiger partial charge in [-0.25, -0.2) is 9.97 Å². The number of anilines is 4. The van der Waals surface area contributed by atoms with Crippen LogP contribution in [0.3, 0.4) is 0 Å². The van der Waals surface area contributed by atoms with E-state index in [4.69, 9.17) is 5.73 Å². The molecule has 1 aromatic carbocycles. The molecule has 112 valence electrons. The van der Waals surface area contributed by atoms with Crippen LogP contribution in [0.25, 0.3) is 0 Å². The molecule has 5 nitrogen and oxygen atoms in total. The molecular weight excluding hydrogens is 330 g/mol. The molecule has 1 heterocycles. The molecule has 0 radical (unpaired) electrons. The first-order valence-corrected chi connectivity index (χ1v) is 7.75. The van der Waals surface area contributed by atoms with Crippen molar-refractivity contribution in [2.75, 3.05) is 29.5 Å². The summed E-state index contributed by atoms with van der Waals surface area (Å²) in [5.41, 5.74) is 7.70. The van der Waals surface area contributed by atoms with Crippen LogP contribution in [-0.2, 0) is 0 Å². The van der Waals surface area contributed by atoms with E-state index in [1.165, 1.54) is 6.33 Å². The Labute approximate surface area is 133 Å². The molecule has 6 heteroatoms. The summed E-state index contributed by atoms with van der Waals surface area (Å²) in [6, 6.07) is 7.86. The van der Waals surface area contributed by atoms with Crippen LogP contribution >= 0.6 is 15.9 Å². The molecule has 0 spiro atoms. The highest BCUT2D eigenvalue weighted by Crippen LogP contribution is 2.28. The highest BCUT2D eigenvalue weighted by atomic mass is 79.9. The average molecular weight is 350 g/mol. The number of benzene rings is 1. The Balaban J connectivity index is 2.19. The summed E-state index contributed by atoms with van der Waals surface area (Å²) in [5, 5.41) is 3.23. The van der Waals surface area contributed by atoms with Gasteiger partial charge < -0.3 is 16.0 Å². The highest BCUT2D eigenvalue weighted by molar-refractivity contribution is 9.10.